The topological polar surface area (TPSA) is 89.8 Å². The number of carbonyl (C=O) groups excluding carboxylic acids is 1. The van der Waals surface area contributed by atoms with Gasteiger partial charge in [-0.15, -0.1) is 0 Å². The largest absolute Gasteiger partial charge is 0.508 e. The first kappa shape index (κ1) is 22.5. The van der Waals surface area contributed by atoms with Crippen LogP contribution in [0.1, 0.15) is 38.9 Å². The maximum absolute atomic E-state index is 14.0. The van der Waals surface area contributed by atoms with Crippen LogP contribution >= 0.6 is 0 Å². The molecule has 0 bridgehead atoms. The van der Waals surface area contributed by atoms with E-state index in [1.807, 2.05) is 43.3 Å². The Morgan fingerprint density at radius 2 is 1.37 bits per heavy atom. The SMILES string of the molecule is Cc1cccc(-c2ccc3c(c2)NC(=O)C3(c2cc(C)c(O)c(C)c2)c2ccc(O)c(C)c2O)c1. The molecule has 0 fully saturated rings. The third kappa shape index (κ3) is 3.27. The molecular formula is C30H27NO4. The van der Waals surface area contributed by atoms with Crippen LogP contribution in [-0.2, 0) is 10.2 Å². The lowest BCUT2D eigenvalue weighted by Gasteiger charge is -2.31. The third-order valence-electron chi connectivity index (χ3n) is 7.09. The van der Waals surface area contributed by atoms with Crippen molar-refractivity contribution in [3.05, 3.63) is 106 Å². The van der Waals surface area contributed by atoms with Gasteiger partial charge in [0.05, 0.1) is 0 Å². The molecule has 5 nitrogen and oxygen atoms in total. The van der Waals surface area contributed by atoms with Crippen LogP contribution in [-0.4, -0.2) is 21.2 Å². The van der Waals surface area contributed by atoms with E-state index >= 15 is 0 Å². The molecular weight excluding hydrogens is 438 g/mol. The first-order valence-electron chi connectivity index (χ1n) is 11.5. The van der Waals surface area contributed by atoms with E-state index in [2.05, 4.69) is 11.4 Å². The Bertz CT molecular complexity index is 1500. The van der Waals surface area contributed by atoms with Crippen molar-refractivity contribution in [1.82, 2.24) is 0 Å². The minimum absolute atomic E-state index is 0.0482. The molecule has 1 unspecified atom stereocenters. The molecule has 1 aliphatic rings. The van der Waals surface area contributed by atoms with Gasteiger partial charge in [0.2, 0.25) is 5.91 Å². The highest BCUT2D eigenvalue weighted by molar-refractivity contribution is 6.12. The summed E-state index contributed by atoms with van der Waals surface area (Å²) in [6, 6.07) is 20.7. The maximum Gasteiger partial charge on any atom is 0.244 e. The normalized spacial score (nSPS) is 16.7. The van der Waals surface area contributed by atoms with Crippen LogP contribution in [0.15, 0.2) is 66.7 Å². The minimum atomic E-state index is -1.37. The first-order valence-corrected chi connectivity index (χ1v) is 11.5. The Labute approximate surface area is 204 Å². The van der Waals surface area contributed by atoms with Gasteiger partial charge in [0, 0.05) is 22.4 Å². The summed E-state index contributed by atoms with van der Waals surface area (Å²) in [6.07, 6.45) is 0. The summed E-state index contributed by atoms with van der Waals surface area (Å²) in [6.45, 7) is 7.23. The summed E-state index contributed by atoms with van der Waals surface area (Å²) in [5.74, 6) is -0.325. The summed E-state index contributed by atoms with van der Waals surface area (Å²) in [5, 5.41) is 34.9. The van der Waals surface area contributed by atoms with Crippen molar-refractivity contribution in [1.29, 1.82) is 0 Å². The molecule has 1 amide bonds. The number of fused-ring (bicyclic) bond motifs is 1. The quantitative estimate of drug-likeness (QED) is 0.299. The average Bonchev–Trinajstić information content (AvgIpc) is 3.12. The van der Waals surface area contributed by atoms with Crippen LogP contribution in [0.3, 0.4) is 0 Å². The number of benzene rings is 4. The van der Waals surface area contributed by atoms with Gasteiger partial charge in [-0.2, -0.15) is 0 Å². The predicted octanol–water partition coefficient (Wildman–Crippen LogP) is 5.99. The van der Waals surface area contributed by atoms with Crippen LogP contribution in [0, 0.1) is 27.7 Å². The molecule has 5 rings (SSSR count). The molecule has 4 aromatic carbocycles. The lowest BCUT2D eigenvalue weighted by Crippen LogP contribution is -2.37. The van der Waals surface area contributed by atoms with Gasteiger partial charge in [-0.1, -0.05) is 54.1 Å². The Balaban J connectivity index is 1.83. The number of phenols is 3. The summed E-state index contributed by atoms with van der Waals surface area (Å²) >= 11 is 0. The highest BCUT2D eigenvalue weighted by atomic mass is 16.3. The maximum atomic E-state index is 14.0. The van der Waals surface area contributed by atoms with Gasteiger partial charge in [-0.05, 0) is 73.7 Å². The van der Waals surface area contributed by atoms with E-state index in [9.17, 15) is 20.1 Å². The monoisotopic (exact) mass is 465 g/mol. The van der Waals surface area contributed by atoms with E-state index in [0.717, 1.165) is 16.7 Å². The average molecular weight is 466 g/mol. The number of phenolic OH excluding ortho intramolecular Hbond substituents is 3. The number of aryl methyl sites for hydroxylation is 3. The van der Waals surface area contributed by atoms with Crippen molar-refractivity contribution in [3.8, 4) is 28.4 Å². The third-order valence-corrected chi connectivity index (χ3v) is 7.09. The molecule has 0 saturated carbocycles. The fraction of sp³-hybridized carbons (Fsp3) is 0.167. The van der Waals surface area contributed by atoms with Gasteiger partial charge in [-0.3, -0.25) is 4.79 Å². The summed E-state index contributed by atoms with van der Waals surface area (Å²) in [7, 11) is 0. The van der Waals surface area contributed by atoms with Crippen LogP contribution in [0.2, 0.25) is 0 Å². The predicted molar refractivity (Wildman–Crippen MR) is 137 cm³/mol. The van der Waals surface area contributed by atoms with Crippen molar-refractivity contribution < 1.29 is 20.1 Å². The Hall–Kier alpha value is -4.25. The van der Waals surface area contributed by atoms with E-state index in [4.69, 9.17) is 0 Å². The lowest BCUT2D eigenvalue weighted by molar-refractivity contribution is -0.118. The number of amides is 1. The number of carbonyl (C=O) groups is 1. The van der Waals surface area contributed by atoms with Crippen molar-refractivity contribution in [2.75, 3.05) is 5.32 Å². The number of aromatic hydroxyl groups is 3. The molecule has 1 atom stereocenters. The van der Waals surface area contributed by atoms with Gasteiger partial charge in [-0.25, -0.2) is 0 Å². The molecule has 1 heterocycles. The highest BCUT2D eigenvalue weighted by Gasteiger charge is 2.51. The molecule has 0 radical (unpaired) electrons. The molecule has 1 aliphatic heterocycles. The second kappa shape index (κ2) is 7.91. The second-order valence-corrected chi connectivity index (χ2v) is 9.40. The van der Waals surface area contributed by atoms with Crippen LogP contribution < -0.4 is 5.32 Å². The number of hydrogen-bond acceptors (Lipinski definition) is 4. The Morgan fingerprint density at radius 3 is 2.06 bits per heavy atom. The molecule has 0 aliphatic carbocycles. The molecule has 176 valence electrons. The molecule has 5 heteroatoms. The zero-order valence-corrected chi connectivity index (χ0v) is 20.1. The van der Waals surface area contributed by atoms with Gasteiger partial charge < -0.3 is 20.6 Å². The smallest absolute Gasteiger partial charge is 0.244 e. The van der Waals surface area contributed by atoms with Gasteiger partial charge in [0.1, 0.15) is 22.7 Å². The molecule has 4 aromatic rings. The first-order chi connectivity index (χ1) is 16.6. The van der Waals surface area contributed by atoms with Crippen molar-refractivity contribution >= 4 is 11.6 Å². The molecule has 35 heavy (non-hydrogen) atoms. The highest BCUT2D eigenvalue weighted by Crippen LogP contribution is 2.53. The number of rotatable bonds is 3. The number of nitrogens with one attached hydrogen (secondary N) is 1. The van der Waals surface area contributed by atoms with E-state index in [1.54, 1.807) is 39.0 Å². The lowest BCUT2D eigenvalue weighted by atomic mass is 9.68. The second-order valence-electron chi connectivity index (χ2n) is 9.40. The number of anilines is 1. The number of hydrogen-bond donors (Lipinski definition) is 4. The Morgan fingerprint density at radius 1 is 0.714 bits per heavy atom. The van der Waals surface area contributed by atoms with E-state index in [-0.39, 0.29) is 23.2 Å². The van der Waals surface area contributed by atoms with E-state index < -0.39 is 5.41 Å². The molecule has 0 spiro atoms. The standard InChI is InChI=1S/C30H27NO4/c1-16-6-5-7-20(12-16)21-8-9-23-25(15-21)31-29(35)30(23,22-13-17(2)27(33)18(3)14-22)24-10-11-26(32)19(4)28(24)34/h5-15,32-34H,1-4H3,(H,31,35). The van der Waals surface area contributed by atoms with Crippen molar-refractivity contribution in [2.45, 2.75) is 33.1 Å². The van der Waals surface area contributed by atoms with Crippen molar-refractivity contribution in [3.63, 3.8) is 0 Å². The van der Waals surface area contributed by atoms with Crippen LogP contribution in [0.5, 0.6) is 17.2 Å². The Kier molecular flexibility index (Phi) is 5.09. The zero-order chi connectivity index (χ0) is 25.1. The van der Waals surface area contributed by atoms with Crippen LogP contribution in [0.25, 0.3) is 11.1 Å². The van der Waals surface area contributed by atoms with Crippen LogP contribution in [0.4, 0.5) is 5.69 Å². The zero-order valence-electron chi connectivity index (χ0n) is 20.1. The van der Waals surface area contributed by atoms with Gasteiger partial charge in [0.25, 0.3) is 0 Å². The van der Waals surface area contributed by atoms with E-state index in [1.165, 1.54) is 6.07 Å². The summed E-state index contributed by atoms with van der Waals surface area (Å²) < 4.78 is 0. The fourth-order valence-corrected chi connectivity index (χ4v) is 5.19. The van der Waals surface area contributed by atoms with E-state index in [0.29, 0.717) is 39.1 Å². The molecule has 4 N–H and O–H groups in total. The summed E-state index contributed by atoms with van der Waals surface area (Å²) in [5.41, 5.74) is 5.69. The van der Waals surface area contributed by atoms with Gasteiger partial charge in [0.15, 0.2) is 0 Å². The molecule has 0 saturated heterocycles. The fourth-order valence-electron chi connectivity index (χ4n) is 5.19. The van der Waals surface area contributed by atoms with Crippen molar-refractivity contribution in [2.24, 2.45) is 0 Å². The van der Waals surface area contributed by atoms with Gasteiger partial charge >= 0.3 is 0 Å². The molecule has 0 aromatic heterocycles. The minimum Gasteiger partial charge on any atom is -0.508 e. The summed E-state index contributed by atoms with van der Waals surface area (Å²) in [4.78, 5) is 14.0.